The van der Waals surface area contributed by atoms with E-state index in [-0.39, 0.29) is 18.2 Å². The minimum atomic E-state index is -0.430. The number of phenolic OH excluding ortho intramolecular Hbond substituents is 1. The van der Waals surface area contributed by atoms with Crippen LogP contribution in [0, 0.1) is 6.92 Å². The van der Waals surface area contributed by atoms with Crippen molar-refractivity contribution >= 4 is 18.0 Å². The van der Waals surface area contributed by atoms with Gasteiger partial charge in [-0.25, -0.2) is 5.43 Å². The fourth-order valence-electron chi connectivity index (χ4n) is 1.83. The van der Waals surface area contributed by atoms with Gasteiger partial charge in [-0.3, -0.25) is 9.59 Å². The fraction of sp³-hybridized carbons (Fsp3) is 0.118. The van der Waals surface area contributed by atoms with Crippen molar-refractivity contribution < 1.29 is 14.7 Å². The smallest absolute Gasteiger partial charge is 0.259 e. The second kappa shape index (κ2) is 7.74. The van der Waals surface area contributed by atoms with Crippen molar-refractivity contribution in [3.8, 4) is 5.75 Å². The maximum Gasteiger partial charge on any atom is 0.259 e. The standard InChI is InChI=1S/C17H17N3O3/c1-12-3-2-4-14(9-12)17(23)18-11-16(22)20-19-10-13-5-7-15(21)8-6-13/h2-10,21H,11H2,1H3,(H,18,23)(H,20,22)/b19-10-. The van der Waals surface area contributed by atoms with Gasteiger partial charge in [0.25, 0.3) is 11.8 Å². The summed E-state index contributed by atoms with van der Waals surface area (Å²) in [6.07, 6.45) is 1.44. The highest BCUT2D eigenvalue weighted by Crippen LogP contribution is 2.07. The van der Waals surface area contributed by atoms with Crippen LogP contribution in [0.25, 0.3) is 0 Å². The Hall–Kier alpha value is -3.15. The molecule has 0 bridgehead atoms. The van der Waals surface area contributed by atoms with Gasteiger partial charge >= 0.3 is 0 Å². The predicted octanol–water partition coefficient (Wildman–Crippen LogP) is 1.58. The number of phenols is 1. The molecule has 2 aromatic carbocycles. The van der Waals surface area contributed by atoms with Gasteiger partial charge < -0.3 is 10.4 Å². The number of rotatable bonds is 5. The van der Waals surface area contributed by atoms with Gasteiger partial charge in [-0.1, -0.05) is 17.7 Å². The van der Waals surface area contributed by atoms with E-state index in [9.17, 15) is 9.59 Å². The highest BCUT2D eigenvalue weighted by molar-refractivity contribution is 5.96. The van der Waals surface area contributed by atoms with Crippen LogP contribution in [-0.2, 0) is 4.79 Å². The molecule has 2 aromatic rings. The number of aryl methyl sites for hydroxylation is 1. The number of hydrogen-bond acceptors (Lipinski definition) is 4. The van der Waals surface area contributed by atoms with Crippen molar-refractivity contribution in [3.05, 3.63) is 65.2 Å². The first-order valence-electron chi connectivity index (χ1n) is 7.00. The summed E-state index contributed by atoms with van der Waals surface area (Å²) in [5.41, 5.74) is 4.52. The third-order valence-corrected chi connectivity index (χ3v) is 2.99. The van der Waals surface area contributed by atoms with Crippen molar-refractivity contribution in [1.82, 2.24) is 10.7 Å². The molecule has 3 N–H and O–H groups in total. The molecule has 0 saturated heterocycles. The topological polar surface area (TPSA) is 90.8 Å². The van der Waals surface area contributed by atoms with E-state index in [0.717, 1.165) is 11.1 Å². The minimum Gasteiger partial charge on any atom is -0.508 e. The normalized spacial score (nSPS) is 10.5. The zero-order chi connectivity index (χ0) is 16.7. The molecule has 6 nitrogen and oxygen atoms in total. The van der Waals surface area contributed by atoms with Crippen LogP contribution in [-0.4, -0.2) is 29.7 Å². The Morgan fingerprint density at radius 1 is 1.17 bits per heavy atom. The molecule has 0 aliphatic rings. The molecule has 0 heterocycles. The lowest BCUT2D eigenvalue weighted by Gasteiger charge is -2.04. The van der Waals surface area contributed by atoms with Crippen LogP contribution < -0.4 is 10.7 Å². The fourth-order valence-corrected chi connectivity index (χ4v) is 1.83. The van der Waals surface area contributed by atoms with Gasteiger partial charge in [0.1, 0.15) is 5.75 Å². The maximum absolute atomic E-state index is 11.9. The first kappa shape index (κ1) is 16.2. The molecular weight excluding hydrogens is 294 g/mol. The Balaban J connectivity index is 1.78. The first-order chi connectivity index (χ1) is 11.0. The van der Waals surface area contributed by atoms with E-state index in [2.05, 4.69) is 15.8 Å². The van der Waals surface area contributed by atoms with Crippen molar-refractivity contribution in [1.29, 1.82) is 0 Å². The Bertz CT molecular complexity index is 724. The van der Waals surface area contributed by atoms with Crippen LogP contribution >= 0.6 is 0 Å². The van der Waals surface area contributed by atoms with Gasteiger partial charge in [0.2, 0.25) is 0 Å². The largest absolute Gasteiger partial charge is 0.508 e. The quantitative estimate of drug-likeness (QED) is 0.578. The lowest BCUT2D eigenvalue weighted by atomic mass is 10.1. The van der Waals surface area contributed by atoms with E-state index >= 15 is 0 Å². The average molecular weight is 311 g/mol. The van der Waals surface area contributed by atoms with Crippen molar-refractivity contribution in [2.45, 2.75) is 6.92 Å². The number of amides is 2. The summed E-state index contributed by atoms with van der Waals surface area (Å²) in [5, 5.41) is 15.5. The second-order valence-electron chi connectivity index (χ2n) is 4.94. The molecule has 0 aliphatic carbocycles. The van der Waals surface area contributed by atoms with Crippen LogP contribution in [0.5, 0.6) is 5.75 Å². The van der Waals surface area contributed by atoms with Gasteiger partial charge in [0.05, 0.1) is 12.8 Å². The Morgan fingerprint density at radius 2 is 1.91 bits per heavy atom. The SMILES string of the molecule is Cc1cccc(C(=O)NCC(=O)N/N=C\c2ccc(O)cc2)c1. The molecule has 0 saturated carbocycles. The lowest BCUT2D eigenvalue weighted by Crippen LogP contribution is -2.34. The zero-order valence-corrected chi connectivity index (χ0v) is 12.6. The van der Waals surface area contributed by atoms with Crippen molar-refractivity contribution in [3.63, 3.8) is 0 Å². The molecule has 0 unspecified atom stereocenters. The molecule has 0 aromatic heterocycles. The molecule has 0 spiro atoms. The monoisotopic (exact) mass is 311 g/mol. The summed E-state index contributed by atoms with van der Waals surface area (Å²) in [6, 6.07) is 13.5. The predicted molar refractivity (Wildman–Crippen MR) is 87.4 cm³/mol. The van der Waals surface area contributed by atoms with E-state index in [1.807, 2.05) is 13.0 Å². The first-order valence-corrected chi connectivity index (χ1v) is 7.00. The zero-order valence-electron chi connectivity index (χ0n) is 12.6. The van der Waals surface area contributed by atoms with E-state index in [0.29, 0.717) is 5.56 Å². The lowest BCUT2D eigenvalue weighted by molar-refractivity contribution is -0.120. The molecule has 0 radical (unpaired) electrons. The summed E-state index contributed by atoms with van der Waals surface area (Å²) in [6.45, 7) is 1.72. The minimum absolute atomic E-state index is 0.157. The molecule has 2 rings (SSSR count). The summed E-state index contributed by atoms with van der Waals surface area (Å²) in [5.74, 6) is -0.586. The number of nitrogens with zero attached hydrogens (tertiary/aromatic N) is 1. The highest BCUT2D eigenvalue weighted by Gasteiger charge is 2.07. The highest BCUT2D eigenvalue weighted by atomic mass is 16.3. The van der Waals surface area contributed by atoms with Crippen LogP contribution in [0.15, 0.2) is 53.6 Å². The molecule has 0 fully saturated rings. The van der Waals surface area contributed by atoms with E-state index in [1.54, 1.807) is 30.3 Å². The van der Waals surface area contributed by atoms with Crippen LogP contribution in [0.2, 0.25) is 0 Å². The molecule has 6 heteroatoms. The number of hydrogen-bond donors (Lipinski definition) is 3. The molecule has 118 valence electrons. The number of benzene rings is 2. The summed E-state index contributed by atoms with van der Waals surface area (Å²) in [7, 11) is 0. The van der Waals surface area contributed by atoms with Gasteiger partial charge in [0.15, 0.2) is 0 Å². The number of carbonyl (C=O) groups excluding carboxylic acids is 2. The van der Waals surface area contributed by atoms with Crippen LogP contribution in [0.4, 0.5) is 0 Å². The average Bonchev–Trinajstić information content (AvgIpc) is 2.54. The summed E-state index contributed by atoms with van der Waals surface area (Å²) < 4.78 is 0. The Labute approximate surface area is 133 Å². The van der Waals surface area contributed by atoms with Crippen molar-refractivity contribution in [2.24, 2.45) is 5.10 Å². The maximum atomic E-state index is 11.9. The second-order valence-corrected chi connectivity index (χ2v) is 4.94. The van der Waals surface area contributed by atoms with Crippen LogP contribution in [0.3, 0.4) is 0 Å². The van der Waals surface area contributed by atoms with Crippen molar-refractivity contribution in [2.75, 3.05) is 6.54 Å². The van der Waals surface area contributed by atoms with Gasteiger partial charge in [0, 0.05) is 5.56 Å². The summed E-state index contributed by atoms with van der Waals surface area (Å²) >= 11 is 0. The van der Waals surface area contributed by atoms with Gasteiger partial charge in [-0.15, -0.1) is 0 Å². The Morgan fingerprint density at radius 3 is 2.61 bits per heavy atom. The van der Waals surface area contributed by atoms with Crippen LogP contribution in [0.1, 0.15) is 21.5 Å². The third kappa shape index (κ3) is 5.28. The molecule has 0 atom stereocenters. The molecular formula is C17H17N3O3. The molecule has 2 amide bonds. The summed E-state index contributed by atoms with van der Waals surface area (Å²) in [4.78, 5) is 23.5. The third-order valence-electron chi connectivity index (χ3n) is 2.99. The molecule has 0 aliphatic heterocycles. The van der Waals surface area contributed by atoms with Gasteiger partial charge in [-0.2, -0.15) is 5.10 Å². The Kier molecular flexibility index (Phi) is 5.46. The number of aromatic hydroxyl groups is 1. The number of carbonyl (C=O) groups is 2. The van der Waals surface area contributed by atoms with E-state index in [4.69, 9.17) is 5.11 Å². The number of hydrazone groups is 1. The molecule has 23 heavy (non-hydrogen) atoms. The van der Waals surface area contributed by atoms with Gasteiger partial charge in [-0.05, 0) is 48.9 Å². The number of nitrogens with one attached hydrogen (secondary N) is 2. The van der Waals surface area contributed by atoms with E-state index < -0.39 is 5.91 Å². The van der Waals surface area contributed by atoms with E-state index in [1.165, 1.54) is 18.3 Å².